The number of alkyl halides is 1. The molecule has 0 saturated carbocycles. The number of rotatable bonds is 4. The molecule has 0 radical (unpaired) electrons. The highest BCUT2D eigenvalue weighted by molar-refractivity contribution is 7.20. The molecular formula is C32H30FN2O3P. The Morgan fingerprint density at radius 2 is 1.41 bits per heavy atom. The number of carbonyl (C=O) groups excluding carboxylic acids is 3. The number of amides is 2. The third kappa shape index (κ3) is 5.97. The Labute approximate surface area is 230 Å². The molecule has 2 unspecified atom stereocenters. The molecule has 2 amide bonds. The Kier molecular flexibility index (Phi) is 8.68. The van der Waals surface area contributed by atoms with Crippen LogP contribution in [0, 0.1) is 0 Å². The van der Waals surface area contributed by atoms with E-state index < -0.39 is 11.2 Å². The number of carbonyl (C=O) groups is 3. The molecule has 0 spiro atoms. The maximum absolute atomic E-state index is 14.9. The first-order valence-corrected chi connectivity index (χ1v) is 13.4. The van der Waals surface area contributed by atoms with E-state index in [9.17, 15) is 18.8 Å². The second kappa shape index (κ2) is 12.1. The van der Waals surface area contributed by atoms with Crippen molar-refractivity contribution in [1.82, 2.24) is 0 Å². The number of nitrogens with zero attached hydrogens (tertiary/aromatic N) is 1. The zero-order chi connectivity index (χ0) is 28.0. The van der Waals surface area contributed by atoms with Gasteiger partial charge in [0.15, 0.2) is 5.41 Å². The fourth-order valence-electron chi connectivity index (χ4n) is 4.45. The predicted molar refractivity (Wildman–Crippen MR) is 158 cm³/mol. The Hall–Kier alpha value is -4.15. The van der Waals surface area contributed by atoms with E-state index in [1.807, 2.05) is 71.6 Å². The highest BCUT2D eigenvalue weighted by atomic mass is 31.0. The summed E-state index contributed by atoms with van der Waals surface area (Å²) in [6.45, 7) is 4.05. The van der Waals surface area contributed by atoms with Gasteiger partial charge in [-0.25, -0.2) is 4.39 Å². The van der Waals surface area contributed by atoms with Crippen LogP contribution in [0.5, 0.6) is 0 Å². The van der Waals surface area contributed by atoms with E-state index in [0.29, 0.717) is 22.5 Å². The number of benzene rings is 4. The van der Waals surface area contributed by atoms with Crippen LogP contribution in [-0.4, -0.2) is 29.6 Å². The molecule has 1 aliphatic rings. The number of ketones is 1. The van der Waals surface area contributed by atoms with Gasteiger partial charge in [-0.05, 0) is 53.6 Å². The highest BCUT2D eigenvalue weighted by Gasteiger charge is 2.40. The normalized spacial score (nSPS) is 16.3. The molecule has 2 atom stereocenters. The molecule has 1 heterocycles. The van der Waals surface area contributed by atoms with Crippen LogP contribution >= 0.6 is 9.24 Å². The van der Waals surface area contributed by atoms with Gasteiger partial charge in [0.05, 0.1) is 5.69 Å². The van der Waals surface area contributed by atoms with Crippen LogP contribution in [0.1, 0.15) is 51.3 Å². The average Bonchev–Trinajstić information content (AvgIpc) is 3.08. The lowest BCUT2D eigenvalue weighted by atomic mass is 9.99. The maximum atomic E-state index is 14.9. The number of hydrogen-bond acceptors (Lipinski definition) is 3. The summed E-state index contributed by atoms with van der Waals surface area (Å²) in [5.41, 5.74) is 3.74. The standard InChI is InChI=1S/C30H24FN2O3P.C2H6/c31-30(37)18-19-33(26-13-7-6-12-25(26)27(30)34)29(36)21-14-16-22(17-15-21)32-28(35)24-11-5-4-10-23(24)20-8-2-1-3-9-20;1-2/h1-17H,18-19,37H2,(H,32,35);1-2H3. The van der Waals surface area contributed by atoms with Crippen molar-refractivity contribution in [3.63, 3.8) is 0 Å². The van der Waals surface area contributed by atoms with Crippen molar-refractivity contribution in [3.05, 3.63) is 120 Å². The molecule has 0 aliphatic carbocycles. The lowest BCUT2D eigenvalue weighted by Gasteiger charge is -2.22. The Bertz CT molecular complexity index is 1490. The quantitative estimate of drug-likeness (QED) is 0.274. The summed E-state index contributed by atoms with van der Waals surface area (Å²) in [5.74, 6) is -1.27. The summed E-state index contributed by atoms with van der Waals surface area (Å²) in [5, 5.41) is 0.766. The molecule has 5 nitrogen and oxygen atoms in total. The minimum Gasteiger partial charge on any atom is -0.322 e. The maximum Gasteiger partial charge on any atom is 0.258 e. The second-order valence-corrected chi connectivity index (χ2v) is 9.77. The Morgan fingerprint density at radius 1 is 0.821 bits per heavy atom. The lowest BCUT2D eigenvalue weighted by molar-refractivity contribution is 0.0832. The van der Waals surface area contributed by atoms with Gasteiger partial charge in [0.1, 0.15) is 0 Å². The van der Waals surface area contributed by atoms with Gasteiger partial charge in [0.25, 0.3) is 11.8 Å². The number of para-hydroxylation sites is 1. The van der Waals surface area contributed by atoms with Crippen LogP contribution in [0.25, 0.3) is 11.1 Å². The number of nitrogens with one attached hydrogen (secondary N) is 1. The number of anilines is 2. The zero-order valence-electron chi connectivity index (χ0n) is 21.9. The summed E-state index contributed by atoms with van der Waals surface area (Å²) >= 11 is 0. The third-order valence-corrected chi connectivity index (χ3v) is 6.96. The van der Waals surface area contributed by atoms with Crippen molar-refractivity contribution in [1.29, 1.82) is 0 Å². The molecular weight excluding hydrogens is 510 g/mol. The molecule has 5 rings (SSSR count). The van der Waals surface area contributed by atoms with Gasteiger partial charge in [-0.3, -0.25) is 14.4 Å². The Morgan fingerprint density at radius 3 is 2.10 bits per heavy atom. The van der Waals surface area contributed by atoms with Crippen LogP contribution in [0.3, 0.4) is 0 Å². The SMILES string of the molecule is CC.O=C(Nc1ccc(C(=O)N2CCC(F)(P)C(=O)c3ccccc32)cc1)c1ccccc1-c1ccccc1. The molecule has 7 heteroatoms. The molecule has 0 aromatic heterocycles. The fraction of sp³-hybridized carbons (Fsp3) is 0.156. The van der Waals surface area contributed by atoms with Crippen molar-refractivity contribution in [2.75, 3.05) is 16.8 Å². The number of fused-ring (bicyclic) bond motifs is 1. The van der Waals surface area contributed by atoms with E-state index in [4.69, 9.17) is 0 Å². The molecule has 198 valence electrons. The summed E-state index contributed by atoms with van der Waals surface area (Å²) in [4.78, 5) is 40.6. The third-order valence-electron chi connectivity index (χ3n) is 6.41. The average molecular weight is 541 g/mol. The summed E-state index contributed by atoms with van der Waals surface area (Å²) in [6, 6.07) is 30.1. The fourth-order valence-corrected chi connectivity index (χ4v) is 4.73. The van der Waals surface area contributed by atoms with E-state index in [-0.39, 0.29) is 30.3 Å². The first-order chi connectivity index (χ1) is 18.8. The van der Waals surface area contributed by atoms with Crippen molar-refractivity contribution in [2.24, 2.45) is 0 Å². The van der Waals surface area contributed by atoms with Crippen molar-refractivity contribution in [3.8, 4) is 11.1 Å². The van der Waals surface area contributed by atoms with Crippen LogP contribution in [0.15, 0.2) is 103 Å². The summed E-state index contributed by atoms with van der Waals surface area (Å²) in [7, 11) is 1.98. The predicted octanol–water partition coefficient (Wildman–Crippen LogP) is 7.41. The summed E-state index contributed by atoms with van der Waals surface area (Å²) in [6.07, 6.45) is -0.133. The van der Waals surface area contributed by atoms with Gasteiger partial charge in [-0.15, -0.1) is 0 Å². The first-order valence-electron chi connectivity index (χ1n) is 12.8. The summed E-state index contributed by atoms with van der Waals surface area (Å²) < 4.78 is 14.9. The van der Waals surface area contributed by atoms with Crippen LogP contribution < -0.4 is 10.2 Å². The van der Waals surface area contributed by atoms with E-state index in [2.05, 4.69) is 5.32 Å². The largest absolute Gasteiger partial charge is 0.322 e. The van der Waals surface area contributed by atoms with Gasteiger partial charge >= 0.3 is 0 Å². The molecule has 4 aromatic carbocycles. The molecule has 39 heavy (non-hydrogen) atoms. The van der Waals surface area contributed by atoms with E-state index in [1.54, 1.807) is 48.5 Å². The number of Topliss-reactive ketones (excluding diaryl/α,β-unsaturated/α-hetero) is 1. The van der Waals surface area contributed by atoms with Crippen molar-refractivity contribution in [2.45, 2.75) is 25.7 Å². The van der Waals surface area contributed by atoms with E-state index >= 15 is 0 Å². The van der Waals surface area contributed by atoms with Gasteiger partial charge in [0, 0.05) is 35.3 Å². The number of hydrogen-bond donors (Lipinski definition) is 1. The molecule has 0 bridgehead atoms. The minimum atomic E-state index is -2.13. The van der Waals surface area contributed by atoms with Crippen molar-refractivity contribution < 1.29 is 18.8 Å². The zero-order valence-corrected chi connectivity index (χ0v) is 23.0. The first kappa shape index (κ1) is 27.9. The van der Waals surface area contributed by atoms with Crippen LogP contribution in [0.2, 0.25) is 0 Å². The van der Waals surface area contributed by atoms with Gasteiger partial charge in [-0.2, -0.15) is 0 Å². The van der Waals surface area contributed by atoms with Gasteiger partial charge in [0.2, 0.25) is 5.78 Å². The van der Waals surface area contributed by atoms with Gasteiger partial charge < -0.3 is 10.2 Å². The van der Waals surface area contributed by atoms with Crippen LogP contribution in [0.4, 0.5) is 15.8 Å². The smallest absolute Gasteiger partial charge is 0.258 e. The number of halogens is 1. The monoisotopic (exact) mass is 540 g/mol. The lowest BCUT2D eigenvalue weighted by Crippen LogP contribution is -2.33. The topological polar surface area (TPSA) is 66.5 Å². The highest BCUT2D eigenvalue weighted by Crippen LogP contribution is 2.37. The molecule has 4 aromatic rings. The molecule has 0 fully saturated rings. The van der Waals surface area contributed by atoms with E-state index in [1.165, 1.54) is 11.0 Å². The molecule has 1 aliphatic heterocycles. The van der Waals surface area contributed by atoms with E-state index in [0.717, 1.165) is 11.1 Å². The second-order valence-electron chi connectivity index (χ2n) is 8.86. The Balaban J connectivity index is 0.00000172. The minimum absolute atomic E-state index is 0.0519. The van der Waals surface area contributed by atoms with Crippen LogP contribution in [-0.2, 0) is 0 Å². The molecule has 1 N–H and O–H groups in total. The molecule has 0 saturated heterocycles. The van der Waals surface area contributed by atoms with Gasteiger partial charge in [-0.1, -0.05) is 83.8 Å². The van der Waals surface area contributed by atoms with Crippen molar-refractivity contribution >= 4 is 38.2 Å².